The first-order chi connectivity index (χ1) is 8.11. The zero-order chi connectivity index (χ0) is 12.4. The molecule has 0 unspecified atom stereocenters. The maximum atomic E-state index is 9.95. The summed E-state index contributed by atoms with van der Waals surface area (Å²) in [6, 6.07) is 4.48. The van der Waals surface area contributed by atoms with Crippen LogP contribution in [0.1, 0.15) is 29.5 Å². The van der Waals surface area contributed by atoms with Gasteiger partial charge < -0.3 is 10.2 Å². The highest BCUT2D eigenvalue weighted by atomic mass is 16.3. The maximum Gasteiger partial charge on any atom is 0.120 e. The lowest BCUT2D eigenvalue weighted by Gasteiger charge is -2.22. The molecule has 0 atom stereocenters. The topological polar surface area (TPSA) is 43.7 Å². The number of benzene rings is 1. The second-order valence-electron chi connectivity index (χ2n) is 4.99. The molecule has 3 nitrogen and oxygen atoms in total. The number of nitrogens with zero attached hydrogens (tertiary/aromatic N) is 1. The van der Waals surface area contributed by atoms with Crippen LogP contribution in [0.2, 0.25) is 0 Å². The van der Waals surface area contributed by atoms with E-state index in [1.54, 1.807) is 0 Å². The molecule has 0 spiro atoms. The first-order valence-electron chi connectivity index (χ1n) is 6.26. The molecule has 2 N–H and O–H groups in total. The molecule has 1 aliphatic rings. The van der Waals surface area contributed by atoms with Crippen molar-refractivity contribution in [1.82, 2.24) is 4.90 Å². The Bertz CT molecular complexity index is 399. The van der Waals surface area contributed by atoms with Crippen LogP contribution in [0, 0.1) is 13.8 Å². The molecule has 0 bridgehead atoms. The van der Waals surface area contributed by atoms with Crippen LogP contribution in [0.15, 0.2) is 12.1 Å². The molecule has 1 aliphatic carbocycles. The first kappa shape index (κ1) is 12.4. The molecule has 0 aromatic heterocycles. The third-order valence-corrected chi connectivity index (χ3v) is 3.52. The van der Waals surface area contributed by atoms with E-state index in [1.807, 2.05) is 13.0 Å². The fourth-order valence-corrected chi connectivity index (χ4v) is 2.17. The van der Waals surface area contributed by atoms with Gasteiger partial charge in [0.05, 0.1) is 6.61 Å². The number of hydrogen-bond acceptors (Lipinski definition) is 3. The molecule has 1 saturated carbocycles. The van der Waals surface area contributed by atoms with Crippen molar-refractivity contribution < 1.29 is 10.2 Å². The molecular weight excluding hydrogens is 214 g/mol. The van der Waals surface area contributed by atoms with Crippen molar-refractivity contribution in [3.63, 3.8) is 0 Å². The Hall–Kier alpha value is -1.06. The van der Waals surface area contributed by atoms with E-state index in [4.69, 9.17) is 5.11 Å². The second kappa shape index (κ2) is 5.07. The third-order valence-electron chi connectivity index (χ3n) is 3.52. The van der Waals surface area contributed by atoms with E-state index in [1.165, 1.54) is 18.4 Å². The highest BCUT2D eigenvalue weighted by molar-refractivity contribution is 5.40. The van der Waals surface area contributed by atoms with E-state index in [2.05, 4.69) is 17.9 Å². The van der Waals surface area contributed by atoms with Crippen molar-refractivity contribution in [2.45, 2.75) is 39.3 Å². The Morgan fingerprint density at radius 2 is 1.88 bits per heavy atom. The lowest BCUT2D eigenvalue weighted by molar-refractivity contribution is 0.182. The molecule has 0 heterocycles. The van der Waals surface area contributed by atoms with Crippen LogP contribution in [-0.4, -0.2) is 34.3 Å². The highest BCUT2D eigenvalue weighted by Crippen LogP contribution is 2.30. The zero-order valence-electron chi connectivity index (χ0n) is 10.6. The molecule has 1 fully saturated rings. The fourth-order valence-electron chi connectivity index (χ4n) is 2.17. The molecule has 1 aromatic rings. The van der Waals surface area contributed by atoms with Gasteiger partial charge in [0, 0.05) is 24.7 Å². The number of phenolic OH excluding ortho intramolecular Hbond substituents is 1. The van der Waals surface area contributed by atoms with Crippen molar-refractivity contribution in [2.75, 3.05) is 13.2 Å². The van der Waals surface area contributed by atoms with E-state index >= 15 is 0 Å². The van der Waals surface area contributed by atoms with Crippen molar-refractivity contribution >= 4 is 0 Å². The van der Waals surface area contributed by atoms with Crippen LogP contribution in [0.3, 0.4) is 0 Å². The second-order valence-corrected chi connectivity index (χ2v) is 4.99. The molecule has 17 heavy (non-hydrogen) atoms. The fraction of sp³-hybridized carbons (Fsp3) is 0.571. The summed E-state index contributed by atoms with van der Waals surface area (Å²) in [6.45, 7) is 5.67. The monoisotopic (exact) mass is 235 g/mol. The third kappa shape index (κ3) is 2.99. The van der Waals surface area contributed by atoms with Crippen LogP contribution >= 0.6 is 0 Å². The normalized spacial score (nSPS) is 15.5. The number of rotatable bonds is 5. The van der Waals surface area contributed by atoms with E-state index in [9.17, 15) is 5.11 Å². The van der Waals surface area contributed by atoms with E-state index in [-0.39, 0.29) is 6.61 Å². The summed E-state index contributed by atoms with van der Waals surface area (Å²) in [4.78, 5) is 2.25. The van der Waals surface area contributed by atoms with Gasteiger partial charge in [0.2, 0.25) is 0 Å². The van der Waals surface area contributed by atoms with Crippen LogP contribution in [0.4, 0.5) is 0 Å². The van der Waals surface area contributed by atoms with E-state index in [0.29, 0.717) is 18.3 Å². The van der Waals surface area contributed by atoms with E-state index in [0.717, 1.165) is 17.7 Å². The lowest BCUT2D eigenvalue weighted by atomic mass is 10.0. The van der Waals surface area contributed by atoms with Crippen LogP contribution < -0.4 is 0 Å². The Kier molecular flexibility index (Phi) is 3.69. The average molecular weight is 235 g/mol. The number of aromatic hydroxyl groups is 1. The van der Waals surface area contributed by atoms with Gasteiger partial charge in [-0.3, -0.25) is 4.90 Å². The molecule has 3 heteroatoms. The minimum absolute atomic E-state index is 0.183. The van der Waals surface area contributed by atoms with Crippen LogP contribution in [0.25, 0.3) is 0 Å². The van der Waals surface area contributed by atoms with Gasteiger partial charge in [0.1, 0.15) is 5.75 Å². The molecule has 0 aliphatic heterocycles. The molecule has 0 radical (unpaired) electrons. The lowest BCUT2D eigenvalue weighted by Crippen LogP contribution is -2.28. The molecule has 1 aromatic carbocycles. The van der Waals surface area contributed by atoms with Gasteiger partial charge >= 0.3 is 0 Å². The smallest absolute Gasteiger partial charge is 0.120 e. The number of phenols is 1. The average Bonchev–Trinajstić information content (AvgIpc) is 3.08. The summed E-state index contributed by atoms with van der Waals surface area (Å²) in [6.07, 6.45) is 2.43. The minimum atomic E-state index is 0.183. The molecule has 0 amide bonds. The summed E-state index contributed by atoms with van der Waals surface area (Å²) >= 11 is 0. The Balaban J connectivity index is 2.13. The summed E-state index contributed by atoms with van der Waals surface area (Å²) in [5.41, 5.74) is 3.29. The van der Waals surface area contributed by atoms with Crippen LogP contribution in [-0.2, 0) is 6.54 Å². The SMILES string of the molecule is Cc1cc(O)c(CN(CCO)C2CC2)cc1C. The quantitative estimate of drug-likeness (QED) is 0.820. The number of aryl methyl sites for hydroxylation is 2. The summed E-state index contributed by atoms with van der Waals surface area (Å²) in [5.74, 6) is 0.372. The van der Waals surface area contributed by atoms with Gasteiger partial charge in [-0.05, 0) is 43.9 Å². The number of aliphatic hydroxyl groups excluding tert-OH is 1. The van der Waals surface area contributed by atoms with Gasteiger partial charge in [-0.1, -0.05) is 6.07 Å². The van der Waals surface area contributed by atoms with Gasteiger partial charge in [-0.25, -0.2) is 0 Å². The Morgan fingerprint density at radius 1 is 1.24 bits per heavy atom. The Labute approximate surface area is 103 Å². The van der Waals surface area contributed by atoms with Crippen molar-refractivity contribution in [2.24, 2.45) is 0 Å². The summed E-state index contributed by atoms with van der Waals surface area (Å²) in [5, 5.41) is 19.0. The van der Waals surface area contributed by atoms with Gasteiger partial charge in [0.25, 0.3) is 0 Å². The minimum Gasteiger partial charge on any atom is -0.508 e. The molecular formula is C14H21NO2. The number of aliphatic hydroxyl groups is 1. The summed E-state index contributed by atoms with van der Waals surface area (Å²) in [7, 11) is 0. The zero-order valence-corrected chi connectivity index (χ0v) is 10.6. The maximum absolute atomic E-state index is 9.95. The molecule has 94 valence electrons. The standard InChI is InChI=1S/C14H21NO2/c1-10-7-12(14(17)8-11(10)2)9-15(5-6-16)13-3-4-13/h7-8,13,16-17H,3-6,9H2,1-2H3. The molecule has 2 rings (SSSR count). The van der Waals surface area contributed by atoms with E-state index < -0.39 is 0 Å². The highest BCUT2D eigenvalue weighted by Gasteiger charge is 2.28. The van der Waals surface area contributed by atoms with Crippen molar-refractivity contribution in [1.29, 1.82) is 0 Å². The molecule has 0 saturated heterocycles. The summed E-state index contributed by atoms with van der Waals surface area (Å²) < 4.78 is 0. The van der Waals surface area contributed by atoms with Crippen LogP contribution in [0.5, 0.6) is 5.75 Å². The Morgan fingerprint density at radius 3 is 2.47 bits per heavy atom. The largest absolute Gasteiger partial charge is 0.508 e. The van der Waals surface area contributed by atoms with Crippen molar-refractivity contribution in [3.05, 3.63) is 28.8 Å². The van der Waals surface area contributed by atoms with Crippen molar-refractivity contribution in [3.8, 4) is 5.75 Å². The first-order valence-corrected chi connectivity index (χ1v) is 6.26. The van der Waals surface area contributed by atoms with Gasteiger partial charge in [0.15, 0.2) is 0 Å². The van der Waals surface area contributed by atoms with Gasteiger partial charge in [-0.2, -0.15) is 0 Å². The predicted molar refractivity (Wildman–Crippen MR) is 68.1 cm³/mol. The number of hydrogen-bond donors (Lipinski definition) is 2. The van der Waals surface area contributed by atoms with Gasteiger partial charge in [-0.15, -0.1) is 0 Å². The predicted octanol–water partition coefficient (Wildman–Crippen LogP) is 1.97.